The van der Waals surface area contributed by atoms with Gasteiger partial charge in [-0.25, -0.2) is 4.98 Å². The molecule has 4 aromatic rings. The Kier molecular flexibility index (Phi) is 6.32. The Balaban J connectivity index is 1.52. The van der Waals surface area contributed by atoms with Gasteiger partial charge in [-0.05, 0) is 60.5 Å². The van der Waals surface area contributed by atoms with E-state index < -0.39 is 0 Å². The third-order valence-corrected chi connectivity index (χ3v) is 5.02. The van der Waals surface area contributed by atoms with E-state index in [1.165, 1.54) is 0 Å². The number of nitrogens with one attached hydrogen (secondary N) is 1. The van der Waals surface area contributed by atoms with Gasteiger partial charge >= 0.3 is 0 Å². The lowest BCUT2D eigenvalue weighted by molar-refractivity contribution is 0.102. The van der Waals surface area contributed by atoms with Crippen molar-refractivity contribution in [1.82, 2.24) is 4.98 Å². The smallest absolute Gasteiger partial charge is 0.255 e. The largest absolute Gasteiger partial charge is 0.495 e. The second-order valence-corrected chi connectivity index (χ2v) is 8.14. The van der Waals surface area contributed by atoms with Gasteiger partial charge in [-0.1, -0.05) is 31.5 Å². The predicted molar refractivity (Wildman–Crippen MR) is 126 cm³/mol. The molecular weight excluding hydrogens is 428 g/mol. The van der Waals surface area contributed by atoms with Crippen LogP contribution in [0.15, 0.2) is 65.1 Å². The summed E-state index contributed by atoms with van der Waals surface area (Å²) in [4.78, 5) is 17.3. The maximum atomic E-state index is 12.7. The molecule has 0 unspecified atom stereocenters. The summed E-state index contributed by atoms with van der Waals surface area (Å²) in [5.74, 6) is 1.85. The molecule has 7 heteroatoms. The second kappa shape index (κ2) is 9.32. The molecule has 1 aromatic heterocycles. The van der Waals surface area contributed by atoms with Crippen molar-refractivity contribution < 1.29 is 18.7 Å². The van der Waals surface area contributed by atoms with E-state index in [0.29, 0.717) is 57.3 Å². The Morgan fingerprint density at radius 1 is 1.12 bits per heavy atom. The number of oxazole rings is 1. The number of benzene rings is 3. The number of aromatic nitrogens is 1. The van der Waals surface area contributed by atoms with Crippen LogP contribution in [0.5, 0.6) is 11.5 Å². The van der Waals surface area contributed by atoms with Gasteiger partial charge in [0, 0.05) is 16.8 Å². The summed E-state index contributed by atoms with van der Waals surface area (Å²) in [6.45, 7) is 4.74. The summed E-state index contributed by atoms with van der Waals surface area (Å²) in [7, 11) is 1.56. The number of carbonyl (C=O) groups is 1. The number of rotatable bonds is 7. The van der Waals surface area contributed by atoms with Gasteiger partial charge in [0.1, 0.15) is 17.0 Å². The van der Waals surface area contributed by atoms with Crippen molar-refractivity contribution in [3.63, 3.8) is 0 Å². The van der Waals surface area contributed by atoms with E-state index in [0.717, 1.165) is 5.56 Å². The van der Waals surface area contributed by atoms with Crippen LogP contribution in [0.4, 0.5) is 5.69 Å². The summed E-state index contributed by atoms with van der Waals surface area (Å²) in [5, 5.41) is 3.37. The number of ether oxygens (including phenoxy) is 2. The van der Waals surface area contributed by atoms with Crippen LogP contribution in [-0.2, 0) is 0 Å². The zero-order valence-electron chi connectivity index (χ0n) is 18.0. The molecule has 32 heavy (non-hydrogen) atoms. The summed E-state index contributed by atoms with van der Waals surface area (Å²) in [6, 6.07) is 17.8. The zero-order valence-corrected chi connectivity index (χ0v) is 18.8. The first-order valence-corrected chi connectivity index (χ1v) is 10.6. The number of anilines is 1. The molecule has 0 saturated carbocycles. The maximum Gasteiger partial charge on any atom is 0.255 e. The summed E-state index contributed by atoms with van der Waals surface area (Å²) < 4.78 is 16.7. The van der Waals surface area contributed by atoms with Gasteiger partial charge in [-0.15, -0.1) is 0 Å². The van der Waals surface area contributed by atoms with Crippen LogP contribution in [0.3, 0.4) is 0 Å². The average molecular weight is 451 g/mol. The molecule has 164 valence electrons. The first-order chi connectivity index (χ1) is 15.4. The minimum atomic E-state index is -0.231. The normalized spacial score (nSPS) is 11.0. The Morgan fingerprint density at radius 2 is 1.97 bits per heavy atom. The van der Waals surface area contributed by atoms with Gasteiger partial charge in [-0.2, -0.15) is 0 Å². The van der Waals surface area contributed by atoms with Gasteiger partial charge in [0.25, 0.3) is 5.91 Å². The zero-order chi connectivity index (χ0) is 22.7. The predicted octanol–water partition coefficient (Wildman–Crippen LogP) is 6.44. The van der Waals surface area contributed by atoms with Crippen LogP contribution >= 0.6 is 11.6 Å². The van der Waals surface area contributed by atoms with Crippen molar-refractivity contribution in [3.05, 3.63) is 71.2 Å². The van der Waals surface area contributed by atoms with Gasteiger partial charge < -0.3 is 19.2 Å². The molecule has 0 spiro atoms. The molecule has 0 radical (unpaired) electrons. The molecule has 0 saturated heterocycles. The monoisotopic (exact) mass is 450 g/mol. The minimum Gasteiger partial charge on any atom is -0.495 e. The van der Waals surface area contributed by atoms with Crippen LogP contribution in [0.25, 0.3) is 22.6 Å². The Morgan fingerprint density at radius 3 is 2.72 bits per heavy atom. The molecule has 0 aliphatic heterocycles. The third-order valence-electron chi connectivity index (χ3n) is 4.72. The Hall–Kier alpha value is -3.51. The molecule has 4 rings (SSSR count). The number of hydrogen-bond acceptors (Lipinski definition) is 5. The van der Waals surface area contributed by atoms with Crippen LogP contribution in [-0.4, -0.2) is 24.6 Å². The standard InChI is InChI=1S/C25H23ClN2O4/c1-15(2)14-31-19-6-4-5-16(11-19)24(29)27-18-8-10-23-21(13-18)28-25(32-23)17-7-9-22(30-3)20(26)12-17/h4-13,15H,14H2,1-3H3,(H,27,29). The van der Waals surface area contributed by atoms with Crippen molar-refractivity contribution >= 4 is 34.3 Å². The van der Waals surface area contributed by atoms with Gasteiger partial charge in [0.2, 0.25) is 5.89 Å². The van der Waals surface area contributed by atoms with E-state index in [4.69, 9.17) is 25.5 Å². The van der Waals surface area contributed by atoms with E-state index in [2.05, 4.69) is 24.1 Å². The van der Waals surface area contributed by atoms with E-state index in [9.17, 15) is 4.79 Å². The third kappa shape index (κ3) is 4.86. The fourth-order valence-electron chi connectivity index (χ4n) is 3.12. The fraction of sp³-hybridized carbons (Fsp3) is 0.200. The van der Waals surface area contributed by atoms with Crippen molar-refractivity contribution in [3.8, 4) is 23.0 Å². The number of nitrogens with zero attached hydrogens (tertiary/aromatic N) is 1. The van der Waals surface area contributed by atoms with E-state index >= 15 is 0 Å². The lowest BCUT2D eigenvalue weighted by Gasteiger charge is -2.10. The highest BCUT2D eigenvalue weighted by Crippen LogP contribution is 2.32. The van der Waals surface area contributed by atoms with Crippen molar-refractivity contribution in [2.24, 2.45) is 5.92 Å². The highest BCUT2D eigenvalue weighted by atomic mass is 35.5. The van der Waals surface area contributed by atoms with Crippen LogP contribution in [0.1, 0.15) is 24.2 Å². The van der Waals surface area contributed by atoms with Crippen LogP contribution in [0, 0.1) is 5.92 Å². The number of carbonyl (C=O) groups excluding carboxylic acids is 1. The van der Waals surface area contributed by atoms with E-state index in [1.54, 1.807) is 55.6 Å². The van der Waals surface area contributed by atoms with Gasteiger partial charge in [-0.3, -0.25) is 4.79 Å². The lowest BCUT2D eigenvalue weighted by Crippen LogP contribution is -2.12. The number of methoxy groups -OCH3 is 1. The van der Waals surface area contributed by atoms with E-state index in [-0.39, 0.29) is 5.91 Å². The quantitative estimate of drug-likeness (QED) is 0.350. The first-order valence-electron chi connectivity index (χ1n) is 10.2. The molecule has 3 aromatic carbocycles. The molecule has 1 amide bonds. The fourth-order valence-corrected chi connectivity index (χ4v) is 3.38. The highest BCUT2D eigenvalue weighted by molar-refractivity contribution is 6.32. The topological polar surface area (TPSA) is 73.6 Å². The van der Waals surface area contributed by atoms with Crippen LogP contribution < -0.4 is 14.8 Å². The number of hydrogen-bond donors (Lipinski definition) is 1. The molecule has 0 bridgehead atoms. The average Bonchev–Trinajstić information content (AvgIpc) is 3.21. The minimum absolute atomic E-state index is 0.231. The number of amides is 1. The summed E-state index contributed by atoms with van der Waals surface area (Å²) in [5.41, 5.74) is 3.09. The first kappa shape index (κ1) is 21.7. The lowest BCUT2D eigenvalue weighted by atomic mass is 10.2. The molecular formula is C25H23ClN2O4. The van der Waals surface area contributed by atoms with Crippen molar-refractivity contribution in [2.45, 2.75) is 13.8 Å². The second-order valence-electron chi connectivity index (χ2n) is 7.74. The van der Waals surface area contributed by atoms with Crippen molar-refractivity contribution in [2.75, 3.05) is 19.0 Å². The summed E-state index contributed by atoms with van der Waals surface area (Å²) in [6.07, 6.45) is 0. The van der Waals surface area contributed by atoms with Gasteiger partial charge in [0.05, 0.1) is 18.7 Å². The van der Waals surface area contributed by atoms with Gasteiger partial charge in [0.15, 0.2) is 5.58 Å². The summed E-state index contributed by atoms with van der Waals surface area (Å²) >= 11 is 6.21. The molecule has 0 atom stereocenters. The number of fused-ring (bicyclic) bond motifs is 1. The molecule has 1 heterocycles. The van der Waals surface area contributed by atoms with E-state index in [1.807, 2.05) is 12.1 Å². The Bertz CT molecular complexity index is 1270. The molecule has 0 aliphatic rings. The van der Waals surface area contributed by atoms with Crippen LogP contribution in [0.2, 0.25) is 5.02 Å². The number of halogens is 1. The molecule has 6 nitrogen and oxygen atoms in total. The molecule has 0 aliphatic carbocycles. The SMILES string of the molecule is COc1ccc(-c2nc3cc(NC(=O)c4cccc(OCC(C)C)c4)ccc3o2)cc1Cl. The molecule has 1 N–H and O–H groups in total. The maximum absolute atomic E-state index is 12.7. The molecule has 0 fully saturated rings. The highest BCUT2D eigenvalue weighted by Gasteiger charge is 2.13. The van der Waals surface area contributed by atoms with Crippen molar-refractivity contribution in [1.29, 1.82) is 0 Å². The Labute approximate surface area is 191 Å².